The zero-order valence-electron chi connectivity index (χ0n) is 19.9. The molecule has 0 rings (SSSR count). The van der Waals surface area contributed by atoms with Crippen molar-refractivity contribution < 1.29 is 41.9 Å². The Labute approximate surface area is 197 Å². The van der Waals surface area contributed by atoms with E-state index in [1.165, 1.54) is 0 Å². The van der Waals surface area contributed by atoms with Crippen molar-refractivity contribution in [1.82, 2.24) is 0 Å². The van der Waals surface area contributed by atoms with Crippen molar-refractivity contribution in [3.63, 3.8) is 0 Å². The number of carbonyl (C=O) groups is 1. The van der Waals surface area contributed by atoms with Gasteiger partial charge in [0, 0.05) is 13.0 Å². The quantitative estimate of drug-likeness (QED) is 0.113. The van der Waals surface area contributed by atoms with Crippen LogP contribution in [0.4, 0.5) is 0 Å². The first-order valence-electron chi connectivity index (χ1n) is 11.6. The summed E-state index contributed by atoms with van der Waals surface area (Å²) in [7, 11) is -3.79. The third-order valence-corrected chi connectivity index (χ3v) is 5.48. The van der Waals surface area contributed by atoms with Gasteiger partial charge in [-0.25, -0.2) is 4.57 Å². The number of nitriles is 1. The Morgan fingerprint density at radius 1 is 0.788 bits per heavy atom. The van der Waals surface area contributed by atoms with Crippen LogP contribution in [0.3, 0.4) is 0 Å². The van der Waals surface area contributed by atoms with E-state index >= 15 is 0 Å². The minimum absolute atomic E-state index is 0.00699. The number of hydrogen-bond acceptors (Lipinski definition) is 11. The number of nitrogens with two attached hydrogens (primary N) is 1. The number of carbonyl (C=O) groups excluding carboxylic acids is 1. The molecule has 0 heterocycles. The van der Waals surface area contributed by atoms with Crippen molar-refractivity contribution >= 4 is 13.8 Å². The van der Waals surface area contributed by atoms with Crippen LogP contribution in [-0.2, 0) is 41.9 Å². The number of esters is 1. The van der Waals surface area contributed by atoms with Gasteiger partial charge in [-0.15, -0.1) is 0 Å². The van der Waals surface area contributed by atoms with Gasteiger partial charge in [-0.2, -0.15) is 5.26 Å². The largest absolute Gasteiger partial charge is 0.474 e. The molecule has 0 amide bonds. The van der Waals surface area contributed by atoms with Crippen LogP contribution >= 0.6 is 7.82 Å². The van der Waals surface area contributed by atoms with Gasteiger partial charge in [0.2, 0.25) is 0 Å². The lowest BCUT2D eigenvalue weighted by Crippen LogP contribution is -2.14. The molecule has 0 saturated carbocycles. The van der Waals surface area contributed by atoms with Gasteiger partial charge in [-0.05, 0) is 19.3 Å². The SMILES string of the molecule is CCCCOC(=O)CCCCCOP(=O)(OCCC#N)OCCOCCOCCOCCN. The monoisotopic (exact) mass is 496 g/mol. The summed E-state index contributed by atoms with van der Waals surface area (Å²) >= 11 is 0. The second kappa shape index (κ2) is 24.0. The maximum absolute atomic E-state index is 12.7. The van der Waals surface area contributed by atoms with Crippen LogP contribution in [0.5, 0.6) is 0 Å². The second-order valence-electron chi connectivity index (χ2n) is 6.87. The average molecular weight is 497 g/mol. The first-order chi connectivity index (χ1) is 16.1. The molecule has 0 saturated heterocycles. The summed E-state index contributed by atoms with van der Waals surface area (Å²) in [4.78, 5) is 11.5. The lowest BCUT2D eigenvalue weighted by Gasteiger charge is -2.17. The van der Waals surface area contributed by atoms with E-state index < -0.39 is 7.82 Å². The van der Waals surface area contributed by atoms with E-state index in [4.69, 9.17) is 43.5 Å². The molecule has 0 fully saturated rings. The number of hydrogen-bond donors (Lipinski definition) is 1. The van der Waals surface area contributed by atoms with E-state index in [-0.39, 0.29) is 38.8 Å². The van der Waals surface area contributed by atoms with E-state index in [2.05, 4.69) is 0 Å². The molecule has 1 unspecified atom stereocenters. The number of nitrogens with zero attached hydrogens (tertiary/aromatic N) is 1. The van der Waals surface area contributed by atoms with Gasteiger partial charge in [0.05, 0.1) is 78.6 Å². The van der Waals surface area contributed by atoms with Gasteiger partial charge in [0.25, 0.3) is 0 Å². The summed E-state index contributed by atoms with van der Waals surface area (Å²) in [6.07, 6.45) is 4.21. The number of phosphoric acid groups is 1. The zero-order valence-corrected chi connectivity index (χ0v) is 20.8. The fraction of sp³-hybridized carbons (Fsp3) is 0.905. The van der Waals surface area contributed by atoms with Crippen molar-refractivity contribution in [2.24, 2.45) is 5.73 Å². The van der Waals surface area contributed by atoms with Gasteiger partial charge >= 0.3 is 13.8 Å². The summed E-state index contributed by atoms with van der Waals surface area (Å²) in [6, 6.07) is 1.91. The van der Waals surface area contributed by atoms with Gasteiger partial charge in [-0.3, -0.25) is 18.4 Å². The summed E-state index contributed by atoms with van der Waals surface area (Å²) in [6.45, 7) is 5.43. The highest BCUT2D eigenvalue weighted by Crippen LogP contribution is 2.49. The Kier molecular flexibility index (Phi) is 23.3. The average Bonchev–Trinajstić information content (AvgIpc) is 2.80. The Morgan fingerprint density at radius 2 is 1.39 bits per heavy atom. The van der Waals surface area contributed by atoms with Gasteiger partial charge in [-0.1, -0.05) is 19.8 Å². The molecule has 0 aliphatic heterocycles. The molecule has 0 aromatic heterocycles. The van der Waals surface area contributed by atoms with Crippen LogP contribution in [0.15, 0.2) is 0 Å². The van der Waals surface area contributed by atoms with Crippen LogP contribution in [0, 0.1) is 11.3 Å². The Morgan fingerprint density at radius 3 is 2.03 bits per heavy atom. The lowest BCUT2D eigenvalue weighted by molar-refractivity contribution is -0.143. The molecule has 1 atom stereocenters. The van der Waals surface area contributed by atoms with E-state index in [0.717, 1.165) is 12.8 Å². The number of phosphoric ester groups is 1. The molecular weight excluding hydrogens is 455 g/mol. The van der Waals surface area contributed by atoms with Gasteiger partial charge < -0.3 is 24.7 Å². The molecule has 33 heavy (non-hydrogen) atoms. The topological polar surface area (TPSA) is 149 Å². The molecule has 0 aliphatic rings. The third kappa shape index (κ3) is 22.5. The van der Waals surface area contributed by atoms with Crippen molar-refractivity contribution in [2.75, 3.05) is 72.6 Å². The van der Waals surface area contributed by atoms with E-state index in [1.54, 1.807) is 0 Å². The molecule has 0 aromatic carbocycles. The minimum Gasteiger partial charge on any atom is -0.466 e. The minimum atomic E-state index is -3.79. The standard InChI is InChI=1S/C21H41N2O9P/c1-2-3-11-29-21(24)8-5-4-6-12-30-33(25,31-13-7-9-22)32-20-19-28-18-17-27-16-15-26-14-10-23/h2-8,10-20,23H2,1H3. The normalized spacial score (nSPS) is 12.9. The highest BCUT2D eigenvalue weighted by atomic mass is 31.2. The molecule has 0 aromatic rings. The smallest absolute Gasteiger partial charge is 0.466 e. The number of rotatable bonds is 25. The predicted octanol–water partition coefficient (Wildman–Crippen LogP) is 2.97. The van der Waals surface area contributed by atoms with Gasteiger partial charge in [0.1, 0.15) is 0 Å². The van der Waals surface area contributed by atoms with Crippen molar-refractivity contribution in [2.45, 2.75) is 51.9 Å². The predicted molar refractivity (Wildman–Crippen MR) is 122 cm³/mol. The van der Waals surface area contributed by atoms with Crippen LogP contribution in [-0.4, -0.2) is 78.6 Å². The van der Waals surface area contributed by atoms with Crippen LogP contribution in [0.25, 0.3) is 0 Å². The molecule has 2 N–H and O–H groups in total. The molecule has 0 bridgehead atoms. The molecule has 0 radical (unpaired) electrons. The molecule has 0 aliphatic carbocycles. The second-order valence-corrected chi connectivity index (χ2v) is 8.53. The van der Waals surface area contributed by atoms with Crippen molar-refractivity contribution in [3.8, 4) is 6.07 Å². The molecular formula is C21H41N2O9P. The molecule has 0 spiro atoms. The fourth-order valence-corrected chi connectivity index (χ4v) is 3.46. The van der Waals surface area contributed by atoms with E-state index in [1.807, 2.05) is 13.0 Å². The summed E-state index contributed by atoms with van der Waals surface area (Å²) in [5.74, 6) is -0.205. The third-order valence-electron chi connectivity index (χ3n) is 3.98. The first-order valence-corrected chi connectivity index (χ1v) is 13.0. The lowest BCUT2D eigenvalue weighted by atomic mass is 10.2. The van der Waals surface area contributed by atoms with Crippen LogP contribution in [0.1, 0.15) is 51.9 Å². The highest BCUT2D eigenvalue weighted by Gasteiger charge is 2.26. The van der Waals surface area contributed by atoms with E-state index in [9.17, 15) is 9.36 Å². The Balaban J connectivity index is 3.92. The maximum Gasteiger partial charge on any atom is 0.474 e. The summed E-state index contributed by atoms with van der Waals surface area (Å²) in [5.41, 5.74) is 5.31. The Hall–Kier alpha value is -1.09. The maximum atomic E-state index is 12.7. The number of unbranched alkanes of at least 4 members (excludes halogenated alkanes) is 3. The van der Waals surface area contributed by atoms with Gasteiger partial charge in [0.15, 0.2) is 0 Å². The molecule has 12 heteroatoms. The zero-order chi connectivity index (χ0) is 24.5. The summed E-state index contributed by atoms with van der Waals surface area (Å²) in [5, 5.41) is 8.64. The Bertz CT molecular complexity index is 546. The van der Waals surface area contributed by atoms with Crippen LogP contribution in [0.2, 0.25) is 0 Å². The molecule has 11 nitrogen and oxygen atoms in total. The first kappa shape index (κ1) is 31.9. The highest BCUT2D eigenvalue weighted by molar-refractivity contribution is 7.48. The van der Waals surface area contributed by atoms with Crippen molar-refractivity contribution in [3.05, 3.63) is 0 Å². The molecule has 194 valence electrons. The van der Waals surface area contributed by atoms with Crippen molar-refractivity contribution in [1.29, 1.82) is 5.26 Å². The fourth-order valence-electron chi connectivity index (χ4n) is 2.28. The van der Waals surface area contributed by atoms with Crippen LogP contribution < -0.4 is 5.73 Å². The summed E-state index contributed by atoms with van der Waals surface area (Å²) < 4.78 is 49.4. The van der Waals surface area contributed by atoms with E-state index in [0.29, 0.717) is 71.9 Å². The number of ether oxygens (including phenoxy) is 4.